The van der Waals surface area contributed by atoms with Crippen molar-refractivity contribution in [1.29, 1.82) is 0 Å². The molecular weight excluding hydrogens is 260 g/mol. The average molecular weight is 282 g/mol. The maximum atomic E-state index is 11.8. The molecule has 0 aliphatic carbocycles. The summed E-state index contributed by atoms with van der Waals surface area (Å²) >= 11 is 0. The zero-order valence-corrected chi connectivity index (χ0v) is 12.3. The van der Waals surface area contributed by atoms with Crippen LogP contribution in [0, 0.1) is 0 Å². The summed E-state index contributed by atoms with van der Waals surface area (Å²) in [6.45, 7) is 8.55. The summed E-state index contributed by atoms with van der Waals surface area (Å²) in [5, 5.41) is 15.8. The minimum absolute atomic E-state index is 0.346. The molecule has 0 aliphatic heterocycles. The van der Waals surface area contributed by atoms with Gasteiger partial charge in [0.25, 0.3) is 5.91 Å². The highest BCUT2D eigenvalue weighted by molar-refractivity contribution is 5.95. The third kappa shape index (κ3) is 4.96. The van der Waals surface area contributed by atoms with E-state index in [1.54, 1.807) is 20.0 Å². The van der Waals surface area contributed by atoms with Crippen molar-refractivity contribution in [3.63, 3.8) is 0 Å². The average Bonchev–Trinajstić information content (AvgIpc) is 2.84. The normalized spacial score (nSPS) is 12.2. The molecule has 0 spiro atoms. The van der Waals surface area contributed by atoms with E-state index in [0.29, 0.717) is 19.1 Å². The van der Waals surface area contributed by atoms with E-state index < -0.39 is 18.0 Å². The van der Waals surface area contributed by atoms with Crippen LogP contribution in [0.3, 0.4) is 0 Å². The number of carbonyl (C=O) groups excluding carboxylic acids is 2. The standard InChI is InChI=1S/C12H22N6O2/c1-5-13-12(20)15-11(19)9(4)18-7-10(16-17-18)6-14-8(2)3/h7-9,14H,5-6H2,1-4H3,(H2,13,15,19,20). The van der Waals surface area contributed by atoms with Gasteiger partial charge in [-0.15, -0.1) is 5.10 Å². The Labute approximate surface area is 118 Å². The number of carbonyl (C=O) groups is 2. The van der Waals surface area contributed by atoms with Crippen molar-refractivity contribution in [2.45, 2.75) is 46.3 Å². The summed E-state index contributed by atoms with van der Waals surface area (Å²) in [5.41, 5.74) is 0.747. The van der Waals surface area contributed by atoms with E-state index in [0.717, 1.165) is 5.69 Å². The second kappa shape index (κ2) is 7.59. The Balaban J connectivity index is 2.56. The van der Waals surface area contributed by atoms with Gasteiger partial charge in [-0.25, -0.2) is 9.48 Å². The summed E-state index contributed by atoms with van der Waals surface area (Å²) in [6.07, 6.45) is 1.69. The number of aromatic nitrogens is 3. The highest BCUT2D eigenvalue weighted by Gasteiger charge is 2.18. The molecule has 0 saturated heterocycles. The van der Waals surface area contributed by atoms with Crippen molar-refractivity contribution in [3.8, 4) is 0 Å². The van der Waals surface area contributed by atoms with E-state index in [9.17, 15) is 9.59 Å². The fourth-order valence-corrected chi connectivity index (χ4v) is 1.43. The number of hydrogen-bond acceptors (Lipinski definition) is 5. The fourth-order valence-electron chi connectivity index (χ4n) is 1.43. The smallest absolute Gasteiger partial charge is 0.321 e. The quantitative estimate of drug-likeness (QED) is 0.691. The first-order chi connectivity index (χ1) is 9.43. The Morgan fingerprint density at radius 2 is 2.05 bits per heavy atom. The number of rotatable bonds is 6. The minimum Gasteiger partial charge on any atom is -0.338 e. The van der Waals surface area contributed by atoms with Gasteiger partial charge in [0.05, 0.1) is 11.9 Å². The van der Waals surface area contributed by atoms with Crippen molar-refractivity contribution in [3.05, 3.63) is 11.9 Å². The number of nitrogens with one attached hydrogen (secondary N) is 3. The highest BCUT2D eigenvalue weighted by atomic mass is 16.2. The third-order valence-corrected chi connectivity index (χ3v) is 2.60. The summed E-state index contributed by atoms with van der Waals surface area (Å²) in [7, 11) is 0. The lowest BCUT2D eigenvalue weighted by molar-refractivity contribution is -0.123. The first-order valence-electron chi connectivity index (χ1n) is 6.66. The molecule has 20 heavy (non-hydrogen) atoms. The SMILES string of the molecule is CCNC(=O)NC(=O)C(C)n1cc(CNC(C)C)nn1. The predicted octanol–water partition coefficient (Wildman–Crippen LogP) is 0.183. The van der Waals surface area contributed by atoms with Crippen LogP contribution >= 0.6 is 0 Å². The monoisotopic (exact) mass is 282 g/mol. The van der Waals surface area contributed by atoms with Crippen molar-refractivity contribution in [1.82, 2.24) is 30.9 Å². The number of imide groups is 1. The number of nitrogens with zero attached hydrogens (tertiary/aromatic N) is 3. The van der Waals surface area contributed by atoms with Gasteiger partial charge < -0.3 is 10.6 Å². The van der Waals surface area contributed by atoms with Crippen molar-refractivity contribution in [2.75, 3.05) is 6.54 Å². The molecule has 1 unspecified atom stereocenters. The summed E-state index contributed by atoms with van der Waals surface area (Å²) in [4.78, 5) is 23.1. The van der Waals surface area contributed by atoms with Crippen LogP contribution in [0.5, 0.6) is 0 Å². The van der Waals surface area contributed by atoms with Gasteiger partial charge in [0.15, 0.2) is 0 Å². The van der Waals surface area contributed by atoms with Crippen LogP contribution in [0.25, 0.3) is 0 Å². The fraction of sp³-hybridized carbons (Fsp3) is 0.667. The Morgan fingerprint density at radius 3 is 2.65 bits per heavy atom. The molecule has 0 aliphatic rings. The molecule has 1 aromatic rings. The number of hydrogen-bond donors (Lipinski definition) is 3. The highest BCUT2D eigenvalue weighted by Crippen LogP contribution is 2.04. The van der Waals surface area contributed by atoms with Crippen molar-refractivity contribution < 1.29 is 9.59 Å². The van der Waals surface area contributed by atoms with Gasteiger partial charge in [-0.1, -0.05) is 19.1 Å². The Hall–Kier alpha value is -1.96. The van der Waals surface area contributed by atoms with Crippen LogP contribution in [-0.2, 0) is 11.3 Å². The van der Waals surface area contributed by atoms with Crippen LogP contribution < -0.4 is 16.0 Å². The van der Waals surface area contributed by atoms with Crippen LogP contribution in [0.4, 0.5) is 4.79 Å². The lowest BCUT2D eigenvalue weighted by Crippen LogP contribution is -2.42. The van der Waals surface area contributed by atoms with E-state index in [1.165, 1.54) is 4.68 Å². The first kappa shape index (κ1) is 16.1. The molecule has 1 aromatic heterocycles. The molecule has 0 bridgehead atoms. The number of amides is 3. The number of urea groups is 1. The van der Waals surface area contributed by atoms with E-state index in [4.69, 9.17) is 0 Å². The van der Waals surface area contributed by atoms with Gasteiger partial charge in [0.2, 0.25) is 0 Å². The Bertz CT molecular complexity index is 457. The van der Waals surface area contributed by atoms with E-state index in [2.05, 4.69) is 26.3 Å². The molecule has 3 N–H and O–H groups in total. The van der Waals surface area contributed by atoms with E-state index >= 15 is 0 Å². The minimum atomic E-state index is -0.599. The van der Waals surface area contributed by atoms with Gasteiger partial charge in [-0.2, -0.15) is 0 Å². The molecule has 112 valence electrons. The summed E-state index contributed by atoms with van der Waals surface area (Å²) in [6, 6.07) is -0.761. The Kier molecular flexibility index (Phi) is 6.10. The second-order valence-corrected chi connectivity index (χ2v) is 4.75. The zero-order chi connectivity index (χ0) is 15.1. The van der Waals surface area contributed by atoms with Crippen molar-refractivity contribution in [2.24, 2.45) is 0 Å². The van der Waals surface area contributed by atoms with E-state index in [1.807, 2.05) is 13.8 Å². The molecule has 0 saturated carbocycles. The molecule has 1 heterocycles. The summed E-state index contributed by atoms with van der Waals surface area (Å²) < 4.78 is 1.44. The van der Waals surface area contributed by atoms with Crippen LogP contribution in [0.15, 0.2) is 6.20 Å². The van der Waals surface area contributed by atoms with E-state index in [-0.39, 0.29) is 0 Å². The maximum Gasteiger partial charge on any atom is 0.321 e. The molecule has 0 radical (unpaired) electrons. The maximum absolute atomic E-state index is 11.8. The first-order valence-corrected chi connectivity index (χ1v) is 6.66. The lowest BCUT2D eigenvalue weighted by Gasteiger charge is -2.11. The molecule has 8 heteroatoms. The second-order valence-electron chi connectivity index (χ2n) is 4.75. The van der Waals surface area contributed by atoms with Gasteiger partial charge in [-0.05, 0) is 13.8 Å². The van der Waals surface area contributed by atoms with Gasteiger partial charge >= 0.3 is 6.03 Å². The zero-order valence-electron chi connectivity index (χ0n) is 12.3. The topological polar surface area (TPSA) is 101 Å². The summed E-state index contributed by atoms with van der Waals surface area (Å²) in [5.74, 6) is -0.427. The van der Waals surface area contributed by atoms with Gasteiger partial charge in [-0.3, -0.25) is 10.1 Å². The van der Waals surface area contributed by atoms with Gasteiger partial charge in [0.1, 0.15) is 6.04 Å². The molecular formula is C12H22N6O2. The molecule has 3 amide bonds. The third-order valence-electron chi connectivity index (χ3n) is 2.60. The molecule has 8 nitrogen and oxygen atoms in total. The predicted molar refractivity (Wildman–Crippen MR) is 73.9 cm³/mol. The molecule has 1 rings (SSSR count). The molecule has 0 fully saturated rings. The van der Waals surface area contributed by atoms with Gasteiger partial charge in [0, 0.05) is 19.1 Å². The lowest BCUT2D eigenvalue weighted by atomic mass is 10.3. The van der Waals surface area contributed by atoms with Crippen LogP contribution in [-0.4, -0.2) is 39.5 Å². The van der Waals surface area contributed by atoms with Crippen molar-refractivity contribution >= 4 is 11.9 Å². The largest absolute Gasteiger partial charge is 0.338 e. The molecule has 0 aromatic carbocycles. The van der Waals surface area contributed by atoms with Crippen LogP contribution in [0.2, 0.25) is 0 Å². The Morgan fingerprint density at radius 1 is 1.35 bits per heavy atom. The molecule has 1 atom stereocenters. The van der Waals surface area contributed by atoms with Crippen LogP contribution in [0.1, 0.15) is 39.4 Å².